The molecule has 0 amide bonds. The van der Waals surface area contributed by atoms with E-state index in [-0.39, 0.29) is 17.0 Å². The van der Waals surface area contributed by atoms with Crippen molar-refractivity contribution in [2.75, 3.05) is 5.73 Å². The van der Waals surface area contributed by atoms with Crippen molar-refractivity contribution in [1.82, 2.24) is 4.31 Å². The zero-order valence-electron chi connectivity index (χ0n) is 12.1. The van der Waals surface area contributed by atoms with E-state index in [0.717, 1.165) is 19.3 Å². The Bertz CT molecular complexity index is 606. The van der Waals surface area contributed by atoms with Crippen LogP contribution in [0.25, 0.3) is 0 Å². The molecule has 1 aromatic rings. The number of hydrogen-bond donors (Lipinski definition) is 1. The molecule has 4 nitrogen and oxygen atoms in total. The smallest absolute Gasteiger partial charge is 0.243 e. The highest BCUT2D eigenvalue weighted by Gasteiger charge is 2.36. The molecule has 0 unspecified atom stereocenters. The summed E-state index contributed by atoms with van der Waals surface area (Å²) in [5.74, 6) is 0. The predicted molar refractivity (Wildman–Crippen MR) is 82.4 cm³/mol. The molecular formula is C14H21ClN2O2S. The molecule has 1 aliphatic heterocycles. The molecule has 0 bridgehead atoms. The summed E-state index contributed by atoms with van der Waals surface area (Å²) in [6, 6.07) is 3.12. The van der Waals surface area contributed by atoms with Crippen LogP contribution in [0.1, 0.15) is 38.7 Å². The van der Waals surface area contributed by atoms with E-state index < -0.39 is 10.0 Å². The average molecular weight is 317 g/mol. The van der Waals surface area contributed by atoms with Crippen molar-refractivity contribution in [3.05, 3.63) is 22.7 Å². The summed E-state index contributed by atoms with van der Waals surface area (Å²) in [6.45, 7) is 5.67. The normalized spacial score (nSPS) is 24.8. The zero-order chi connectivity index (χ0) is 15.1. The van der Waals surface area contributed by atoms with Gasteiger partial charge in [0.15, 0.2) is 0 Å². The molecule has 6 heteroatoms. The van der Waals surface area contributed by atoms with Gasteiger partial charge in [0.1, 0.15) is 0 Å². The quantitative estimate of drug-likeness (QED) is 0.852. The first-order chi connectivity index (χ1) is 9.25. The van der Waals surface area contributed by atoms with Crippen molar-refractivity contribution in [1.29, 1.82) is 0 Å². The maximum absolute atomic E-state index is 12.9. The number of halogens is 1. The molecule has 20 heavy (non-hydrogen) atoms. The number of hydrogen-bond acceptors (Lipinski definition) is 3. The van der Waals surface area contributed by atoms with E-state index in [9.17, 15) is 8.42 Å². The van der Waals surface area contributed by atoms with Crippen LogP contribution in [0.4, 0.5) is 5.69 Å². The largest absolute Gasteiger partial charge is 0.397 e. The third kappa shape index (κ3) is 2.67. The number of aryl methyl sites for hydroxylation is 1. The van der Waals surface area contributed by atoms with Crippen molar-refractivity contribution in [3.63, 3.8) is 0 Å². The number of piperidine rings is 1. The fraction of sp³-hybridized carbons (Fsp3) is 0.571. The summed E-state index contributed by atoms with van der Waals surface area (Å²) in [4.78, 5) is 0.264. The van der Waals surface area contributed by atoms with E-state index in [1.165, 1.54) is 6.07 Å². The number of benzene rings is 1. The molecule has 2 N–H and O–H groups in total. The van der Waals surface area contributed by atoms with Gasteiger partial charge in [0.25, 0.3) is 0 Å². The summed E-state index contributed by atoms with van der Waals surface area (Å²) >= 11 is 5.95. The zero-order valence-corrected chi connectivity index (χ0v) is 13.6. The first-order valence-corrected chi connectivity index (χ1v) is 8.66. The molecule has 1 saturated heterocycles. The lowest BCUT2D eigenvalue weighted by atomic mass is 10.0. The number of rotatable bonds is 2. The Kier molecular flexibility index (Phi) is 4.33. The Morgan fingerprint density at radius 3 is 2.35 bits per heavy atom. The number of nitrogen functional groups attached to an aromatic ring is 1. The van der Waals surface area contributed by atoms with Crippen molar-refractivity contribution in [3.8, 4) is 0 Å². The maximum atomic E-state index is 12.9. The van der Waals surface area contributed by atoms with Crippen molar-refractivity contribution < 1.29 is 8.42 Å². The predicted octanol–water partition coefficient (Wildman–Crippen LogP) is 3.18. The molecule has 0 spiro atoms. The summed E-state index contributed by atoms with van der Waals surface area (Å²) < 4.78 is 27.5. The molecule has 1 heterocycles. The Morgan fingerprint density at radius 1 is 1.25 bits per heavy atom. The van der Waals surface area contributed by atoms with Gasteiger partial charge in [0.05, 0.1) is 15.6 Å². The lowest BCUT2D eigenvalue weighted by Crippen LogP contribution is -2.47. The minimum Gasteiger partial charge on any atom is -0.397 e. The second-order valence-electron chi connectivity index (χ2n) is 5.60. The Labute approximate surface area is 126 Å². The second-order valence-corrected chi connectivity index (χ2v) is 7.82. The number of nitrogens with two attached hydrogens (primary N) is 1. The molecule has 2 atom stereocenters. The van der Waals surface area contributed by atoms with E-state index in [4.69, 9.17) is 17.3 Å². The van der Waals surface area contributed by atoms with E-state index in [0.29, 0.717) is 16.3 Å². The van der Waals surface area contributed by atoms with Crippen molar-refractivity contribution in [2.24, 2.45) is 0 Å². The third-order valence-electron chi connectivity index (χ3n) is 3.96. The first-order valence-electron chi connectivity index (χ1n) is 6.84. The van der Waals surface area contributed by atoms with Gasteiger partial charge < -0.3 is 5.73 Å². The van der Waals surface area contributed by atoms with E-state index in [2.05, 4.69) is 0 Å². The molecule has 1 fully saturated rings. The van der Waals surface area contributed by atoms with Gasteiger partial charge in [-0.05, 0) is 51.3 Å². The minimum atomic E-state index is -3.54. The third-order valence-corrected chi connectivity index (χ3v) is 6.56. The highest BCUT2D eigenvalue weighted by Crippen LogP contribution is 2.33. The van der Waals surface area contributed by atoms with Crippen LogP contribution < -0.4 is 5.73 Å². The van der Waals surface area contributed by atoms with Crippen LogP contribution in [0.3, 0.4) is 0 Å². The topological polar surface area (TPSA) is 63.4 Å². The second kappa shape index (κ2) is 5.54. The first kappa shape index (κ1) is 15.6. The Balaban J connectivity index is 2.52. The molecule has 1 aliphatic rings. The molecule has 0 saturated carbocycles. The van der Waals surface area contributed by atoms with Crippen molar-refractivity contribution >= 4 is 27.3 Å². The van der Waals surface area contributed by atoms with Gasteiger partial charge in [0, 0.05) is 12.1 Å². The molecule has 2 rings (SSSR count). The lowest BCUT2D eigenvalue weighted by molar-refractivity contribution is 0.204. The minimum absolute atomic E-state index is 0.0139. The molecule has 0 radical (unpaired) electrons. The summed E-state index contributed by atoms with van der Waals surface area (Å²) in [6.07, 6.45) is 2.85. The van der Waals surface area contributed by atoms with E-state index >= 15 is 0 Å². The highest BCUT2D eigenvalue weighted by molar-refractivity contribution is 7.89. The van der Waals surface area contributed by atoms with Crippen LogP contribution in [-0.2, 0) is 10.0 Å². The molecule has 112 valence electrons. The van der Waals surface area contributed by atoms with Crippen molar-refractivity contribution in [2.45, 2.75) is 57.0 Å². The van der Waals surface area contributed by atoms with E-state index in [1.54, 1.807) is 17.3 Å². The summed E-state index contributed by atoms with van der Waals surface area (Å²) in [7, 11) is -3.54. The molecular weight excluding hydrogens is 296 g/mol. The Morgan fingerprint density at radius 2 is 1.80 bits per heavy atom. The van der Waals surface area contributed by atoms with Gasteiger partial charge in [0.2, 0.25) is 10.0 Å². The van der Waals surface area contributed by atoms with Crippen LogP contribution in [0, 0.1) is 6.92 Å². The van der Waals surface area contributed by atoms with Gasteiger partial charge in [-0.3, -0.25) is 0 Å². The van der Waals surface area contributed by atoms with Gasteiger partial charge in [-0.15, -0.1) is 0 Å². The number of nitrogens with zero attached hydrogens (tertiary/aromatic N) is 1. The van der Waals surface area contributed by atoms with Gasteiger partial charge in [-0.1, -0.05) is 18.0 Å². The van der Waals surface area contributed by atoms with Crippen LogP contribution in [0.5, 0.6) is 0 Å². The molecule has 0 aliphatic carbocycles. The van der Waals surface area contributed by atoms with E-state index in [1.807, 2.05) is 13.8 Å². The van der Waals surface area contributed by atoms with Crippen LogP contribution in [-0.4, -0.2) is 24.8 Å². The Hall–Kier alpha value is -0.780. The maximum Gasteiger partial charge on any atom is 0.243 e. The van der Waals surface area contributed by atoms with Gasteiger partial charge in [-0.2, -0.15) is 4.31 Å². The molecule has 0 aromatic heterocycles. The average Bonchev–Trinajstić information content (AvgIpc) is 2.33. The summed E-state index contributed by atoms with van der Waals surface area (Å²) in [5.41, 5.74) is 6.70. The monoisotopic (exact) mass is 316 g/mol. The summed E-state index contributed by atoms with van der Waals surface area (Å²) in [5, 5.41) is 0.390. The SMILES string of the molecule is Cc1cc(Cl)c(N)cc1S(=O)(=O)N1[C@H](C)CCC[C@@H]1C. The number of sulfonamides is 1. The lowest BCUT2D eigenvalue weighted by Gasteiger charge is -2.38. The van der Waals surface area contributed by atoms with Gasteiger partial charge in [-0.25, -0.2) is 8.42 Å². The van der Waals surface area contributed by atoms with Crippen LogP contribution in [0.15, 0.2) is 17.0 Å². The standard InChI is InChI=1S/C14H21ClN2O2S/c1-9-7-12(15)13(16)8-14(9)20(18,19)17-10(2)5-4-6-11(17)3/h7-8,10-11H,4-6,16H2,1-3H3/t10-,11+. The fourth-order valence-electron chi connectivity index (χ4n) is 2.93. The van der Waals surface area contributed by atoms with Gasteiger partial charge >= 0.3 is 0 Å². The number of anilines is 1. The highest BCUT2D eigenvalue weighted by atomic mass is 35.5. The van der Waals surface area contributed by atoms with Crippen LogP contribution in [0.2, 0.25) is 5.02 Å². The molecule has 1 aromatic carbocycles. The fourth-order valence-corrected chi connectivity index (χ4v) is 5.28. The van der Waals surface area contributed by atoms with Crippen LogP contribution >= 0.6 is 11.6 Å².